The van der Waals surface area contributed by atoms with Crippen molar-refractivity contribution in [1.82, 2.24) is 15.0 Å². The molecule has 1 aromatic rings. The summed E-state index contributed by atoms with van der Waals surface area (Å²) in [5.41, 5.74) is 10.6. The maximum absolute atomic E-state index is 9.79. The summed E-state index contributed by atoms with van der Waals surface area (Å²) < 4.78 is 0. The van der Waals surface area contributed by atoms with E-state index >= 15 is 0 Å². The van der Waals surface area contributed by atoms with Crippen molar-refractivity contribution in [2.24, 2.45) is 0 Å². The maximum atomic E-state index is 9.79. The number of nitrogens with zero attached hydrogens (tertiary/aromatic N) is 4. The number of hydrogen-bond acceptors (Lipinski definition) is 9. The summed E-state index contributed by atoms with van der Waals surface area (Å²) in [6.07, 6.45) is 0. The van der Waals surface area contributed by atoms with Crippen molar-refractivity contribution >= 4 is 17.8 Å². The second-order valence-corrected chi connectivity index (χ2v) is 2.36. The molecule has 0 unspecified atom stereocenters. The highest BCUT2D eigenvalue weighted by atomic mass is 16.9. The molecule has 0 bridgehead atoms. The third kappa shape index (κ3) is 3.89. The minimum atomic E-state index is -0.891. The van der Waals surface area contributed by atoms with Crippen LogP contribution in [0.3, 0.4) is 0 Å². The third-order valence-electron chi connectivity index (χ3n) is 1.25. The zero-order valence-corrected chi connectivity index (χ0v) is 7.58. The Bertz CT molecular complexity index is 336. The fourth-order valence-corrected chi connectivity index (χ4v) is 0.771. The predicted molar refractivity (Wildman–Crippen MR) is 50.1 cm³/mol. The number of nitrogens with one attached hydrogen (secondary N) is 1. The van der Waals surface area contributed by atoms with Gasteiger partial charge in [-0.2, -0.15) is 15.0 Å². The van der Waals surface area contributed by atoms with Crippen molar-refractivity contribution in [2.45, 2.75) is 0 Å². The molecule has 0 amide bonds. The Morgan fingerprint density at radius 2 is 1.93 bits per heavy atom. The summed E-state index contributed by atoms with van der Waals surface area (Å²) in [6.45, 7) is 0.0301. The molecular weight excluding hydrogens is 206 g/mol. The van der Waals surface area contributed by atoms with Gasteiger partial charge in [0.15, 0.2) is 0 Å². The summed E-state index contributed by atoms with van der Waals surface area (Å²) in [5.74, 6) is 0.0901. The number of aromatic nitrogens is 3. The lowest BCUT2D eigenvalue weighted by Gasteiger charge is -2.04. The van der Waals surface area contributed by atoms with Crippen LogP contribution in [0.15, 0.2) is 0 Å². The van der Waals surface area contributed by atoms with E-state index in [1.807, 2.05) is 0 Å². The molecule has 0 spiro atoms. The van der Waals surface area contributed by atoms with E-state index in [4.69, 9.17) is 11.5 Å². The van der Waals surface area contributed by atoms with Gasteiger partial charge in [0.05, 0.1) is 0 Å². The lowest BCUT2D eigenvalue weighted by atomic mass is 10.7. The number of rotatable bonds is 5. The van der Waals surface area contributed by atoms with Gasteiger partial charge in [-0.25, -0.2) is 0 Å². The van der Waals surface area contributed by atoms with E-state index in [1.165, 1.54) is 0 Å². The van der Waals surface area contributed by atoms with Crippen molar-refractivity contribution in [2.75, 3.05) is 29.9 Å². The lowest BCUT2D eigenvalue weighted by molar-refractivity contribution is -0.757. The van der Waals surface area contributed by atoms with Crippen LogP contribution in [0.2, 0.25) is 0 Å². The average Bonchev–Trinajstić information content (AvgIpc) is 2.10. The van der Waals surface area contributed by atoms with Crippen LogP contribution >= 0.6 is 0 Å². The van der Waals surface area contributed by atoms with Crippen LogP contribution in [0.5, 0.6) is 0 Å². The highest BCUT2D eigenvalue weighted by molar-refractivity contribution is 5.36. The number of hydrogen-bond donors (Lipinski definition) is 3. The maximum Gasteiger partial charge on any atom is 0.294 e. The molecule has 1 rings (SSSR count). The van der Waals surface area contributed by atoms with Gasteiger partial charge < -0.3 is 21.6 Å². The summed E-state index contributed by atoms with van der Waals surface area (Å²) in [6, 6.07) is 0. The largest absolute Gasteiger partial charge is 0.368 e. The molecule has 0 aliphatic heterocycles. The topological polar surface area (TPSA) is 155 Å². The zero-order chi connectivity index (χ0) is 11.3. The molecule has 15 heavy (non-hydrogen) atoms. The smallest absolute Gasteiger partial charge is 0.294 e. The van der Waals surface area contributed by atoms with Crippen LogP contribution in [-0.4, -0.2) is 33.2 Å². The first-order valence-corrected chi connectivity index (χ1v) is 3.86. The van der Waals surface area contributed by atoms with Gasteiger partial charge in [0.2, 0.25) is 17.8 Å². The van der Waals surface area contributed by atoms with Crippen molar-refractivity contribution in [1.29, 1.82) is 0 Å². The SMILES string of the molecule is Nc1nc(N)nc(NCCO[N+](=O)[O-])n1. The van der Waals surface area contributed by atoms with E-state index in [0.717, 1.165) is 0 Å². The third-order valence-corrected chi connectivity index (χ3v) is 1.25. The number of nitrogen functional groups attached to an aromatic ring is 2. The van der Waals surface area contributed by atoms with Gasteiger partial charge in [-0.1, -0.05) is 0 Å². The Balaban J connectivity index is 2.40. The molecule has 5 N–H and O–H groups in total. The highest BCUT2D eigenvalue weighted by Crippen LogP contribution is 2.02. The molecule has 1 aromatic heterocycles. The highest BCUT2D eigenvalue weighted by Gasteiger charge is 2.01. The molecule has 0 atom stereocenters. The molecule has 0 saturated carbocycles. The van der Waals surface area contributed by atoms with Gasteiger partial charge in [-0.3, -0.25) is 0 Å². The fraction of sp³-hybridized carbons (Fsp3) is 0.400. The minimum Gasteiger partial charge on any atom is -0.368 e. The average molecular weight is 215 g/mol. The Morgan fingerprint density at radius 1 is 1.33 bits per heavy atom. The first-order chi connectivity index (χ1) is 7.08. The van der Waals surface area contributed by atoms with Crippen LogP contribution in [0.4, 0.5) is 17.8 Å². The number of nitrogens with two attached hydrogens (primary N) is 2. The Morgan fingerprint density at radius 3 is 2.47 bits per heavy atom. The first kappa shape index (κ1) is 10.7. The van der Waals surface area contributed by atoms with Crippen molar-refractivity contribution in [3.63, 3.8) is 0 Å². The molecule has 10 nitrogen and oxygen atoms in total. The van der Waals surface area contributed by atoms with Crippen LogP contribution in [0.25, 0.3) is 0 Å². The second-order valence-electron chi connectivity index (χ2n) is 2.36. The van der Waals surface area contributed by atoms with Crippen molar-refractivity contribution < 1.29 is 9.92 Å². The first-order valence-electron chi connectivity index (χ1n) is 3.86. The Labute approximate surface area is 83.8 Å². The predicted octanol–water partition coefficient (Wildman–Crippen LogP) is -1.34. The Hall–Kier alpha value is -2.39. The standard InChI is InChI=1S/C5H9N7O3/c6-3-9-4(7)11-5(10-3)8-1-2-15-12(13)14/h1-2H2,(H5,6,7,8,9,10,11). The van der Waals surface area contributed by atoms with Crippen molar-refractivity contribution in [3.8, 4) is 0 Å². The lowest BCUT2D eigenvalue weighted by Crippen LogP contribution is -2.15. The molecule has 0 aliphatic carbocycles. The van der Waals surface area contributed by atoms with Gasteiger partial charge in [-0.05, 0) is 0 Å². The van der Waals surface area contributed by atoms with Crippen molar-refractivity contribution in [3.05, 3.63) is 10.1 Å². The monoisotopic (exact) mass is 215 g/mol. The second kappa shape index (κ2) is 4.74. The van der Waals surface area contributed by atoms with E-state index in [-0.39, 0.29) is 31.0 Å². The van der Waals surface area contributed by atoms with Crippen LogP contribution in [0.1, 0.15) is 0 Å². The molecule has 0 aromatic carbocycles. The fourth-order valence-electron chi connectivity index (χ4n) is 0.771. The van der Waals surface area contributed by atoms with Crippen LogP contribution in [0, 0.1) is 10.1 Å². The molecular formula is C5H9N7O3. The molecule has 0 saturated heterocycles. The van der Waals surface area contributed by atoms with Gasteiger partial charge >= 0.3 is 0 Å². The molecule has 0 fully saturated rings. The molecule has 0 radical (unpaired) electrons. The van der Waals surface area contributed by atoms with E-state index in [1.54, 1.807) is 0 Å². The normalized spacial score (nSPS) is 9.60. The van der Waals surface area contributed by atoms with Gasteiger partial charge in [0, 0.05) is 6.54 Å². The number of anilines is 3. The molecule has 0 aliphatic rings. The van der Waals surface area contributed by atoms with Crippen LogP contribution in [-0.2, 0) is 4.84 Å². The van der Waals surface area contributed by atoms with E-state index in [0.29, 0.717) is 0 Å². The summed E-state index contributed by atoms with van der Waals surface area (Å²) in [7, 11) is 0. The summed E-state index contributed by atoms with van der Waals surface area (Å²) in [4.78, 5) is 24.8. The van der Waals surface area contributed by atoms with Gasteiger partial charge in [-0.15, -0.1) is 10.1 Å². The summed E-state index contributed by atoms with van der Waals surface area (Å²) in [5, 5.41) is 11.5. The van der Waals surface area contributed by atoms with Gasteiger partial charge in [0.25, 0.3) is 5.09 Å². The Kier molecular flexibility index (Phi) is 3.38. The zero-order valence-electron chi connectivity index (χ0n) is 7.58. The molecule has 82 valence electrons. The van der Waals surface area contributed by atoms with E-state index in [9.17, 15) is 10.1 Å². The quantitative estimate of drug-likeness (QED) is 0.307. The minimum absolute atomic E-state index is 0.0276. The molecule has 1 heterocycles. The summed E-state index contributed by atoms with van der Waals surface area (Å²) >= 11 is 0. The molecule has 10 heteroatoms. The van der Waals surface area contributed by atoms with E-state index in [2.05, 4.69) is 25.1 Å². The van der Waals surface area contributed by atoms with Crippen LogP contribution < -0.4 is 16.8 Å². The van der Waals surface area contributed by atoms with E-state index < -0.39 is 5.09 Å². The van der Waals surface area contributed by atoms with Gasteiger partial charge in [0.1, 0.15) is 6.61 Å².